The van der Waals surface area contributed by atoms with E-state index in [2.05, 4.69) is 37.9 Å². The highest BCUT2D eigenvalue weighted by molar-refractivity contribution is 14.1. The molecule has 0 saturated heterocycles. The van der Waals surface area contributed by atoms with Gasteiger partial charge in [0.05, 0.1) is 23.0 Å². The lowest BCUT2D eigenvalue weighted by molar-refractivity contribution is 0.189. The van der Waals surface area contributed by atoms with E-state index in [1.807, 2.05) is 48.5 Å². The first-order valence-corrected chi connectivity index (χ1v) is 9.02. The molecule has 3 rings (SSSR count). The number of nitrogens with zero attached hydrogens (tertiary/aromatic N) is 1. The Bertz CT molecular complexity index is 883. The number of hydrogen-bond acceptors (Lipinski definition) is 2. The van der Waals surface area contributed by atoms with Gasteiger partial charge in [0.15, 0.2) is 0 Å². The number of nitrogens with one attached hydrogen (secondary N) is 2. The number of carboxylic acid groups (broad SMARTS) is 1. The lowest BCUT2D eigenvalue weighted by atomic mass is 10.1. The SMILES string of the molecule is O=C(O)N[C@@H](Cc1ccc(I)c(Cl)c1)c1ncc(-c2ccccc2)[nH]1. The summed E-state index contributed by atoms with van der Waals surface area (Å²) in [6.07, 6.45) is 1.06. The van der Waals surface area contributed by atoms with E-state index >= 15 is 0 Å². The smallest absolute Gasteiger partial charge is 0.405 e. The van der Waals surface area contributed by atoms with Crippen LogP contribution < -0.4 is 5.32 Å². The highest BCUT2D eigenvalue weighted by Gasteiger charge is 2.19. The van der Waals surface area contributed by atoms with Crippen molar-refractivity contribution < 1.29 is 9.90 Å². The molecule has 0 spiro atoms. The molecule has 128 valence electrons. The Balaban J connectivity index is 1.87. The molecule has 0 saturated carbocycles. The fraction of sp³-hybridized carbons (Fsp3) is 0.111. The van der Waals surface area contributed by atoms with Gasteiger partial charge in [-0.05, 0) is 45.9 Å². The van der Waals surface area contributed by atoms with Crippen LogP contribution in [0, 0.1) is 3.57 Å². The third-order valence-electron chi connectivity index (χ3n) is 3.73. The van der Waals surface area contributed by atoms with Crippen molar-refractivity contribution in [2.75, 3.05) is 0 Å². The lowest BCUT2D eigenvalue weighted by Gasteiger charge is -2.15. The molecule has 0 fully saturated rings. The zero-order chi connectivity index (χ0) is 17.8. The summed E-state index contributed by atoms with van der Waals surface area (Å²) in [5, 5.41) is 12.3. The Labute approximate surface area is 163 Å². The summed E-state index contributed by atoms with van der Waals surface area (Å²) in [6.45, 7) is 0. The number of rotatable bonds is 5. The van der Waals surface area contributed by atoms with Crippen molar-refractivity contribution in [2.45, 2.75) is 12.5 Å². The van der Waals surface area contributed by atoms with Crippen LogP contribution >= 0.6 is 34.2 Å². The van der Waals surface area contributed by atoms with Gasteiger partial charge in [-0.25, -0.2) is 9.78 Å². The molecule has 1 heterocycles. The minimum absolute atomic E-state index is 0.449. The van der Waals surface area contributed by atoms with Crippen LogP contribution in [0.4, 0.5) is 4.79 Å². The number of hydrogen-bond donors (Lipinski definition) is 3. The molecule has 3 aromatic rings. The topological polar surface area (TPSA) is 78.0 Å². The number of aromatic amines is 1. The van der Waals surface area contributed by atoms with Crippen LogP contribution in [0.3, 0.4) is 0 Å². The first-order valence-electron chi connectivity index (χ1n) is 7.56. The van der Waals surface area contributed by atoms with E-state index in [0.29, 0.717) is 17.3 Å². The predicted octanol–water partition coefficient (Wildman–Crippen LogP) is 4.89. The minimum atomic E-state index is -1.10. The second-order valence-electron chi connectivity index (χ2n) is 5.50. The molecule has 2 aromatic carbocycles. The molecule has 0 unspecified atom stereocenters. The number of amides is 1. The lowest BCUT2D eigenvalue weighted by Crippen LogP contribution is -2.29. The largest absolute Gasteiger partial charge is 0.465 e. The molecule has 1 amide bonds. The number of carbonyl (C=O) groups is 1. The molecule has 3 N–H and O–H groups in total. The fourth-order valence-corrected chi connectivity index (χ4v) is 3.08. The highest BCUT2D eigenvalue weighted by atomic mass is 127. The van der Waals surface area contributed by atoms with E-state index in [-0.39, 0.29) is 0 Å². The van der Waals surface area contributed by atoms with Gasteiger partial charge in [0.1, 0.15) is 5.82 Å². The van der Waals surface area contributed by atoms with Crippen molar-refractivity contribution >= 4 is 40.3 Å². The summed E-state index contributed by atoms with van der Waals surface area (Å²) >= 11 is 8.32. The maximum absolute atomic E-state index is 11.2. The number of benzene rings is 2. The third-order valence-corrected chi connectivity index (χ3v) is 5.30. The maximum Gasteiger partial charge on any atom is 0.405 e. The van der Waals surface area contributed by atoms with Gasteiger partial charge < -0.3 is 15.4 Å². The van der Waals surface area contributed by atoms with E-state index in [1.165, 1.54) is 0 Å². The van der Waals surface area contributed by atoms with Gasteiger partial charge in [-0.3, -0.25) is 0 Å². The van der Waals surface area contributed by atoms with Crippen LogP contribution in [0.15, 0.2) is 54.7 Å². The van der Waals surface area contributed by atoms with Crippen molar-refractivity contribution in [3.8, 4) is 11.3 Å². The number of halogens is 2. The van der Waals surface area contributed by atoms with Crippen LogP contribution in [-0.2, 0) is 6.42 Å². The van der Waals surface area contributed by atoms with Crippen LogP contribution in [-0.4, -0.2) is 21.2 Å². The van der Waals surface area contributed by atoms with Crippen molar-refractivity contribution in [3.05, 3.63) is 74.7 Å². The van der Waals surface area contributed by atoms with Gasteiger partial charge in [-0.2, -0.15) is 0 Å². The van der Waals surface area contributed by atoms with Crippen LogP contribution in [0.5, 0.6) is 0 Å². The van der Waals surface area contributed by atoms with E-state index in [9.17, 15) is 4.79 Å². The Hall–Kier alpha value is -2.06. The normalized spacial score (nSPS) is 11.9. The molecule has 1 aromatic heterocycles. The van der Waals surface area contributed by atoms with Gasteiger partial charge in [0, 0.05) is 9.99 Å². The molecule has 0 aliphatic rings. The summed E-state index contributed by atoms with van der Waals surface area (Å²) in [7, 11) is 0. The van der Waals surface area contributed by atoms with Crippen LogP contribution in [0.25, 0.3) is 11.3 Å². The van der Waals surface area contributed by atoms with Crippen molar-refractivity contribution in [1.82, 2.24) is 15.3 Å². The Morgan fingerprint density at radius 3 is 2.72 bits per heavy atom. The van der Waals surface area contributed by atoms with Crippen LogP contribution in [0.2, 0.25) is 5.02 Å². The fourth-order valence-electron chi connectivity index (χ4n) is 2.55. The second-order valence-corrected chi connectivity index (χ2v) is 7.07. The van der Waals surface area contributed by atoms with Crippen LogP contribution in [0.1, 0.15) is 17.4 Å². The number of imidazole rings is 1. The molecule has 5 nitrogen and oxygen atoms in total. The average molecular weight is 468 g/mol. The first-order chi connectivity index (χ1) is 12.0. The molecule has 0 aliphatic heterocycles. The van der Waals surface area contributed by atoms with Gasteiger partial charge >= 0.3 is 6.09 Å². The van der Waals surface area contributed by atoms with E-state index in [1.54, 1.807) is 6.20 Å². The maximum atomic E-state index is 11.2. The van der Waals surface area contributed by atoms with E-state index < -0.39 is 12.1 Å². The molecule has 25 heavy (non-hydrogen) atoms. The Morgan fingerprint density at radius 1 is 1.28 bits per heavy atom. The van der Waals surface area contributed by atoms with E-state index in [0.717, 1.165) is 20.4 Å². The van der Waals surface area contributed by atoms with Crippen molar-refractivity contribution in [2.24, 2.45) is 0 Å². The quantitative estimate of drug-likeness (QED) is 0.468. The molecule has 0 radical (unpaired) electrons. The summed E-state index contributed by atoms with van der Waals surface area (Å²) in [5.74, 6) is 0.566. The van der Waals surface area contributed by atoms with E-state index in [4.69, 9.17) is 16.7 Å². The monoisotopic (exact) mass is 467 g/mol. The minimum Gasteiger partial charge on any atom is -0.465 e. The van der Waals surface area contributed by atoms with Gasteiger partial charge in [-0.15, -0.1) is 0 Å². The summed E-state index contributed by atoms with van der Waals surface area (Å²) < 4.78 is 0.954. The molecule has 0 aliphatic carbocycles. The highest BCUT2D eigenvalue weighted by Crippen LogP contribution is 2.24. The van der Waals surface area contributed by atoms with Crippen molar-refractivity contribution in [1.29, 1.82) is 0 Å². The molecular formula is C18H15ClIN3O2. The molecule has 1 atom stereocenters. The second kappa shape index (κ2) is 7.88. The Morgan fingerprint density at radius 2 is 2.04 bits per heavy atom. The summed E-state index contributed by atoms with van der Waals surface area (Å²) in [5.41, 5.74) is 2.77. The average Bonchev–Trinajstić information content (AvgIpc) is 3.08. The number of H-pyrrole nitrogens is 1. The third kappa shape index (κ3) is 4.52. The Kier molecular flexibility index (Phi) is 5.60. The first kappa shape index (κ1) is 17.8. The molecule has 7 heteroatoms. The zero-order valence-electron chi connectivity index (χ0n) is 13.0. The van der Waals surface area contributed by atoms with Gasteiger partial charge in [0.2, 0.25) is 0 Å². The van der Waals surface area contributed by atoms with Gasteiger partial charge in [0.25, 0.3) is 0 Å². The van der Waals surface area contributed by atoms with Gasteiger partial charge in [-0.1, -0.05) is 48.0 Å². The summed E-state index contributed by atoms with van der Waals surface area (Å²) in [4.78, 5) is 18.8. The number of aromatic nitrogens is 2. The standard InChI is InChI=1S/C18H15ClIN3O2/c19-13-8-11(6-7-14(13)20)9-15(23-18(24)25)17-21-10-16(22-17)12-4-2-1-3-5-12/h1-8,10,15,23H,9H2,(H,21,22)(H,24,25)/t15-/m0/s1. The zero-order valence-corrected chi connectivity index (χ0v) is 16.0. The van der Waals surface area contributed by atoms with Crippen molar-refractivity contribution in [3.63, 3.8) is 0 Å². The predicted molar refractivity (Wildman–Crippen MR) is 106 cm³/mol. The summed E-state index contributed by atoms with van der Waals surface area (Å²) in [6, 6.07) is 15.0. The molecule has 0 bridgehead atoms. The molecular weight excluding hydrogens is 453 g/mol.